The summed E-state index contributed by atoms with van der Waals surface area (Å²) < 4.78 is 62.3. The number of esters is 1. The van der Waals surface area contributed by atoms with Gasteiger partial charge in [-0.15, -0.1) is 0 Å². The van der Waals surface area contributed by atoms with Crippen LogP contribution < -0.4 is 14.2 Å². The largest absolute Gasteiger partial charge is 0.493 e. The van der Waals surface area contributed by atoms with Crippen LogP contribution in [-0.2, 0) is 10.9 Å². The molecule has 1 aromatic carbocycles. The number of hydrogen-bond acceptors (Lipinski definition) is 7. The number of rotatable bonds is 6. The lowest BCUT2D eigenvalue weighted by Crippen LogP contribution is -2.14. The van der Waals surface area contributed by atoms with Crippen molar-refractivity contribution >= 4 is 11.6 Å². The summed E-state index contributed by atoms with van der Waals surface area (Å²) >= 11 is 0. The third-order valence-corrected chi connectivity index (χ3v) is 4.22. The van der Waals surface area contributed by atoms with Crippen LogP contribution in [0.1, 0.15) is 23.0 Å². The highest BCUT2D eigenvalue weighted by Gasteiger charge is 2.36. The van der Waals surface area contributed by atoms with Crippen molar-refractivity contribution in [2.24, 2.45) is 0 Å². The number of carbonyl (C=O) groups is 1. The molecule has 0 aliphatic rings. The first-order valence-corrected chi connectivity index (χ1v) is 8.68. The Morgan fingerprint density at radius 3 is 2.20 bits per heavy atom. The Morgan fingerprint density at radius 1 is 1.07 bits per heavy atom. The Labute approximate surface area is 169 Å². The van der Waals surface area contributed by atoms with E-state index < -0.39 is 17.8 Å². The minimum absolute atomic E-state index is 0.0505. The molecule has 3 aromatic rings. The number of fused-ring (bicyclic) bond motifs is 1. The quantitative estimate of drug-likeness (QED) is 0.558. The van der Waals surface area contributed by atoms with Gasteiger partial charge in [0.15, 0.2) is 22.8 Å². The van der Waals surface area contributed by atoms with Crippen LogP contribution in [0.5, 0.6) is 17.2 Å². The second-order valence-corrected chi connectivity index (χ2v) is 5.95. The maximum absolute atomic E-state index is 13.7. The van der Waals surface area contributed by atoms with Gasteiger partial charge in [0.2, 0.25) is 5.75 Å². The number of carbonyl (C=O) groups excluding carboxylic acids is 1. The van der Waals surface area contributed by atoms with Crippen LogP contribution in [0.15, 0.2) is 24.4 Å². The van der Waals surface area contributed by atoms with Gasteiger partial charge in [-0.05, 0) is 25.1 Å². The lowest BCUT2D eigenvalue weighted by Gasteiger charge is -2.15. The molecule has 0 spiro atoms. The first kappa shape index (κ1) is 21.2. The summed E-state index contributed by atoms with van der Waals surface area (Å²) in [6.07, 6.45) is -3.76. The zero-order valence-electron chi connectivity index (χ0n) is 16.5. The van der Waals surface area contributed by atoms with Crippen LogP contribution >= 0.6 is 0 Å². The molecule has 0 saturated heterocycles. The van der Waals surface area contributed by atoms with Crippen LogP contribution in [0.25, 0.3) is 16.9 Å². The standard InChI is InChI=1S/C19H18F3N3O5/c1-5-30-18(26)11-9-23-25-15(19(20,21)22)8-12(24-17(11)25)10-6-13(27-2)16(29-4)14(7-10)28-3/h6-9H,5H2,1-4H3. The van der Waals surface area contributed by atoms with Gasteiger partial charge in [-0.1, -0.05) is 0 Å². The van der Waals surface area contributed by atoms with E-state index >= 15 is 0 Å². The van der Waals surface area contributed by atoms with E-state index in [0.717, 1.165) is 12.3 Å². The first-order valence-electron chi connectivity index (χ1n) is 8.68. The first-order chi connectivity index (χ1) is 14.2. The third-order valence-electron chi connectivity index (χ3n) is 4.22. The number of alkyl halides is 3. The van der Waals surface area contributed by atoms with E-state index in [1.54, 1.807) is 6.92 Å². The number of ether oxygens (including phenoxy) is 4. The van der Waals surface area contributed by atoms with Crippen LogP contribution in [-0.4, -0.2) is 48.5 Å². The number of aromatic nitrogens is 3. The lowest BCUT2D eigenvalue weighted by molar-refractivity contribution is -0.142. The molecule has 2 aromatic heterocycles. The molecule has 0 N–H and O–H groups in total. The Hall–Kier alpha value is -3.50. The molecular formula is C19H18F3N3O5. The summed E-state index contributed by atoms with van der Waals surface area (Å²) in [5.74, 6) is -0.0741. The molecule has 3 rings (SSSR count). The SMILES string of the molecule is CCOC(=O)c1cnn2c(C(F)(F)F)cc(-c3cc(OC)c(OC)c(OC)c3)nc12. The van der Waals surface area contributed by atoms with E-state index in [9.17, 15) is 18.0 Å². The fourth-order valence-electron chi connectivity index (χ4n) is 2.89. The summed E-state index contributed by atoms with van der Waals surface area (Å²) in [4.78, 5) is 16.4. The molecule has 0 aliphatic carbocycles. The van der Waals surface area contributed by atoms with Crippen LogP contribution in [0.4, 0.5) is 13.2 Å². The Kier molecular flexibility index (Phi) is 5.72. The van der Waals surface area contributed by atoms with Gasteiger partial charge >= 0.3 is 12.1 Å². The van der Waals surface area contributed by atoms with Crippen molar-refractivity contribution in [3.8, 4) is 28.5 Å². The molecular weight excluding hydrogens is 407 g/mol. The van der Waals surface area contributed by atoms with Crippen LogP contribution in [0, 0.1) is 0 Å². The normalized spacial score (nSPS) is 11.4. The molecule has 160 valence electrons. The van der Waals surface area contributed by atoms with E-state index in [0.29, 0.717) is 4.52 Å². The number of methoxy groups -OCH3 is 3. The molecule has 0 amide bonds. The molecule has 30 heavy (non-hydrogen) atoms. The smallest absolute Gasteiger partial charge is 0.433 e. The molecule has 0 saturated carbocycles. The number of nitrogens with zero attached hydrogens (tertiary/aromatic N) is 3. The molecule has 0 aliphatic heterocycles. The molecule has 0 bridgehead atoms. The summed E-state index contributed by atoms with van der Waals surface area (Å²) in [5.41, 5.74) is -1.39. The van der Waals surface area contributed by atoms with Crippen molar-refractivity contribution in [1.82, 2.24) is 14.6 Å². The van der Waals surface area contributed by atoms with E-state index in [-0.39, 0.29) is 46.3 Å². The highest BCUT2D eigenvalue weighted by Crippen LogP contribution is 2.42. The van der Waals surface area contributed by atoms with E-state index in [1.165, 1.54) is 33.5 Å². The fraction of sp³-hybridized carbons (Fsp3) is 0.316. The zero-order valence-corrected chi connectivity index (χ0v) is 16.5. The fourth-order valence-corrected chi connectivity index (χ4v) is 2.89. The number of halogens is 3. The van der Waals surface area contributed by atoms with Crippen molar-refractivity contribution in [2.45, 2.75) is 13.1 Å². The topological polar surface area (TPSA) is 84.2 Å². The molecule has 0 fully saturated rings. The van der Waals surface area contributed by atoms with Crippen molar-refractivity contribution in [1.29, 1.82) is 0 Å². The van der Waals surface area contributed by atoms with Crippen molar-refractivity contribution in [3.05, 3.63) is 35.7 Å². The predicted octanol–water partition coefficient (Wildman–Crippen LogP) is 3.62. The maximum Gasteiger partial charge on any atom is 0.433 e. The van der Waals surface area contributed by atoms with Gasteiger partial charge in [-0.3, -0.25) is 0 Å². The lowest BCUT2D eigenvalue weighted by atomic mass is 10.1. The summed E-state index contributed by atoms with van der Waals surface area (Å²) in [6, 6.07) is 3.75. The van der Waals surface area contributed by atoms with Gasteiger partial charge in [0.05, 0.1) is 39.8 Å². The second-order valence-electron chi connectivity index (χ2n) is 5.95. The van der Waals surface area contributed by atoms with E-state index in [1.807, 2.05) is 0 Å². The minimum Gasteiger partial charge on any atom is -0.493 e. The molecule has 8 nitrogen and oxygen atoms in total. The van der Waals surface area contributed by atoms with Crippen LogP contribution in [0.2, 0.25) is 0 Å². The minimum atomic E-state index is -4.76. The van der Waals surface area contributed by atoms with Crippen molar-refractivity contribution in [2.75, 3.05) is 27.9 Å². The predicted molar refractivity (Wildman–Crippen MR) is 99.0 cm³/mol. The number of hydrogen-bond donors (Lipinski definition) is 0. The maximum atomic E-state index is 13.7. The molecule has 0 unspecified atom stereocenters. The molecule has 11 heteroatoms. The molecule has 0 atom stereocenters. The van der Waals surface area contributed by atoms with Gasteiger partial charge in [0.1, 0.15) is 5.56 Å². The average molecular weight is 425 g/mol. The van der Waals surface area contributed by atoms with Gasteiger partial charge in [0.25, 0.3) is 0 Å². The second kappa shape index (κ2) is 8.09. The van der Waals surface area contributed by atoms with Gasteiger partial charge in [-0.25, -0.2) is 14.3 Å². The van der Waals surface area contributed by atoms with Gasteiger partial charge in [-0.2, -0.15) is 18.3 Å². The Morgan fingerprint density at radius 2 is 1.70 bits per heavy atom. The monoisotopic (exact) mass is 425 g/mol. The zero-order chi connectivity index (χ0) is 22.1. The van der Waals surface area contributed by atoms with Gasteiger partial charge < -0.3 is 18.9 Å². The summed E-state index contributed by atoms with van der Waals surface area (Å²) in [7, 11) is 4.17. The average Bonchev–Trinajstić information content (AvgIpc) is 3.15. The molecule has 0 radical (unpaired) electrons. The molecule has 2 heterocycles. The summed E-state index contributed by atoms with van der Waals surface area (Å²) in [6.45, 7) is 1.63. The van der Waals surface area contributed by atoms with Crippen molar-refractivity contribution < 1.29 is 36.9 Å². The number of benzene rings is 1. The summed E-state index contributed by atoms with van der Waals surface area (Å²) in [5, 5.41) is 3.68. The Bertz CT molecular complexity index is 1070. The highest BCUT2D eigenvalue weighted by molar-refractivity contribution is 5.96. The Balaban J connectivity index is 2.31. The third kappa shape index (κ3) is 3.70. The van der Waals surface area contributed by atoms with E-state index in [2.05, 4.69) is 10.1 Å². The highest BCUT2D eigenvalue weighted by atomic mass is 19.4. The van der Waals surface area contributed by atoms with Crippen molar-refractivity contribution in [3.63, 3.8) is 0 Å². The van der Waals surface area contributed by atoms with Gasteiger partial charge in [0, 0.05) is 5.56 Å². The van der Waals surface area contributed by atoms with Crippen LogP contribution in [0.3, 0.4) is 0 Å². The van der Waals surface area contributed by atoms with E-state index in [4.69, 9.17) is 18.9 Å².